The number of thioether (sulfide) groups is 1. The summed E-state index contributed by atoms with van der Waals surface area (Å²) in [6, 6.07) is 10.4. The summed E-state index contributed by atoms with van der Waals surface area (Å²) in [5, 5.41) is 11.0. The number of anilines is 1. The van der Waals surface area contributed by atoms with Crippen LogP contribution in [0.25, 0.3) is 5.57 Å². The van der Waals surface area contributed by atoms with Gasteiger partial charge >= 0.3 is 0 Å². The predicted molar refractivity (Wildman–Crippen MR) is 115 cm³/mol. The second-order valence-electron chi connectivity index (χ2n) is 6.66. The van der Waals surface area contributed by atoms with Crippen LogP contribution in [-0.4, -0.2) is 36.2 Å². The molecule has 0 fully saturated rings. The number of hydrogen-bond acceptors (Lipinski definition) is 7. The lowest BCUT2D eigenvalue weighted by molar-refractivity contribution is -0.384. The number of nitro groups is 1. The van der Waals surface area contributed by atoms with Crippen molar-refractivity contribution < 1.29 is 24.0 Å². The fraction of sp³-hybridized carbons (Fsp3) is 0.238. The monoisotopic (exact) mass is 428 g/mol. The maximum Gasteiger partial charge on any atom is 0.272 e. The largest absolute Gasteiger partial charge is 0.497 e. The molecule has 156 valence electrons. The van der Waals surface area contributed by atoms with E-state index >= 15 is 0 Å². The Balaban J connectivity index is 2.11. The zero-order valence-electron chi connectivity index (χ0n) is 16.9. The van der Waals surface area contributed by atoms with E-state index in [4.69, 9.17) is 9.47 Å². The summed E-state index contributed by atoms with van der Waals surface area (Å²) in [5.74, 6) is -0.138. The Bertz CT molecular complexity index is 1050. The molecule has 0 atom stereocenters. The number of hydrogen-bond donors (Lipinski definition) is 0. The van der Waals surface area contributed by atoms with E-state index in [2.05, 4.69) is 0 Å². The number of nitrogens with zero attached hydrogens (tertiary/aromatic N) is 2. The van der Waals surface area contributed by atoms with Gasteiger partial charge in [-0.05, 0) is 29.8 Å². The highest BCUT2D eigenvalue weighted by Gasteiger charge is 2.41. The van der Waals surface area contributed by atoms with Gasteiger partial charge in [0.25, 0.3) is 17.5 Å². The fourth-order valence-corrected chi connectivity index (χ4v) is 4.03. The number of carbonyl (C=O) groups is 2. The summed E-state index contributed by atoms with van der Waals surface area (Å²) in [4.78, 5) is 38.4. The molecule has 2 amide bonds. The molecule has 0 radical (unpaired) electrons. The standard InChI is InChI=1S/C21H20N2O6S/c1-12(2)30-19-18(13-5-7-14(8-6-13)23(26)27)20(24)22(21(19)25)16-10-9-15(28-3)11-17(16)29-4/h5-12H,1-4H3. The average molecular weight is 428 g/mol. The molecule has 0 bridgehead atoms. The molecule has 0 saturated carbocycles. The number of benzene rings is 2. The molecule has 1 aliphatic heterocycles. The van der Waals surface area contributed by atoms with Crippen LogP contribution in [0.5, 0.6) is 11.5 Å². The molecular weight excluding hydrogens is 408 g/mol. The number of ether oxygens (including phenoxy) is 2. The smallest absolute Gasteiger partial charge is 0.272 e. The third-order valence-corrected chi connectivity index (χ3v) is 5.48. The van der Waals surface area contributed by atoms with Gasteiger partial charge in [0, 0.05) is 23.4 Å². The third kappa shape index (κ3) is 3.88. The molecule has 1 heterocycles. The van der Waals surface area contributed by atoms with Crippen molar-refractivity contribution >= 4 is 40.5 Å². The summed E-state index contributed by atoms with van der Waals surface area (Å²) < 4.78 is 10.6. The van der Waals surface area contributed by atoms with Crippen molar-refractivity contribution in [3.63, 3.8) is 0 Å². The maximum absolute atomic E-state index is 13.4. The van der Waals surface area contributed by atoms with Crippen molar-refractivity contribution in [2.75, 3.05) is 19.1 Å². The molecule has 8 nitrogen and oxygen atoms in total. The van der Waals surface area contributed by atoms with Crippen molar-refractivity contribution in [2.24, 2.45) is 0 Å². The van der Waals surface area contributed by atoms with Crippen LogP contribution in [0.4, 0.5) is 11.4 Å². The number of rotatable bonds is 7. The van der Waals surface area contributed by atoms with Crippen LogP contribution in [0.1, 0.15) is 19.4 Å². The van der Waals surface area contributed by atoms with Gasteiger partial charge in [-0.3, -0.25) is 19.7 Å². The maximum atomic E-state index is 13.4. The van der Waals surface area contributed by atoms with Crippen LogP contribution >= 0.6 is 11.8 Å². The summed E-state index contributed by atoms with van der Waals surface area (Å²) >= 11 is 1.28. The molecule has 0 aliphatic carbocycles. The van der Waals surface area contributed by atoms with E-state index < -0.39 is 16.7 Å². The Kier molecular flexibility index (Phi) is 6.12. The van der Waals surface area contributed by atoms with E-state index in [0.29, 0.717) is 27.7 Å². The van der Waals surface area contributed by atoms with Gasteiger partial charge in [-0.1, -0.05) is 13.8 Å². The molecule has 2 aromatic carbocycles. The summed E-state index contributed by atoms with van der Waals surface area (Å²) in [5.41, 5.74) is 0.860. The minimum absolute atomic E-state index is 0.0440. The lowest BCUT2D eigenvalue weighted by Crippen LogP contribution is -2.31. The van der Waals surface area contributed by atoms with Crippen molar-refractivity contribution in [1.82, 2.24) is 0 Å². The van der Waals surface area contributed by atoms with Gasteiger partial charge in [0.15, 0.2) is 0 Å². The summed E-state index contributed by atoms with van der Waals surface area (Å²) in [6.07, 6.45) is 0. The van der Waals surface area contributed by atoms with Gasteiger partial charge in [0.05, 0.1) is 35.3 Å². The first-order valence-electron chi connectivity index (χ1n) is 9.05. The topological polar surface area (TPSA) is 99.0 Å². The van der Waals surface area contributed by atoms with Gasteiger partial charge in [-0.15, -0.1) is 11.8 Å². The van der Waals surface area contributed by atoms with Crippen LogP contribution in [0.2, 0.25) is 0 Å². The fourth-order valence-electron chi connectivity index (χ4n) is 3.05. The predicted octanol–water partition coefficient (Wildman–Crippen LogP) is 4.04. The zero-order chi connectivity index (χ0) is 22.0. The van der Waals surface area contributed by atoms with Gasteiger partial charge in [-0.25, -0.2) is 4.90 Å². The van der Waals surface area contributed by atoms with Crippen molar-refractivity contribution in [3.8, 4) is 11.5 Å². The second kappa shape index (κ2) is 8.58. The normalized spacial score (nSPS) is 14.0. The molecule has 30 heavy (non-hydrogen) atoms. The van der Waals surface area contributed by atoms with E-state index in [0.717, 1.165) is 4.90 Å². The van der Waals surface area contributed by atoms with E-state index in [1.165, 1.54) is 50.2 Å². The molecule has 0 spiro atoms. The van der Waals surface area contributed by atoms with Crippen LogP contribution < -0.4 is 14.4 Å². The number of non-ortho nitro benzene ring substituents is 1. The van der Waals surface area contributed by atoms with E-state index in [1.54, 1.807) is 18.2 Å². The Hall–Kier alpha value is -3.33. The van der Waals surface area contributed by atoms with E-state index in [-0.39, 0.29) is 16.5 Å². The first kappa shape index (κ1) is 21.4. The number of amides is 2. The summed E-state index contributed by atoms with van der Waals surface area (Å²) in [7, 11) is 2.95. The highest BCUT2D eigenvalue weighted by molar-refractivity contribution is 8.04. The zero-order valence-corrected chi connectivity index (χ0v) is 17.7. The van der Waals surface area contributed by atoms with Crippen LogP contribution in [0, 0.1) is 10.1 Å². The van der Waals surface area contributed by atoms with Crippen molar-refractivity contribution in [1.29, 1.82) is 0 Å². The Morgan fingerprint density at radius 1 is 1.00 bits per heavy atom. The molecule has 2 aromatic rings. The number of imide groups is 1. The summed E-state index contributed by atoms with van der Waals surface area (Å²) in [6.45, 7) is 3.83. The lowest BCUT2D eigenvalue weighted by Gasteiger charge is -2.19. The first-order chi connectivity index (χ1) is 14.3. The SMILES string of the molecule is COc1ccc(N2C(=O)C(SC(C)C)=C(c3ccc([N+](=O)[O-])cc3)C2=O)c(OC)c1. The van der Waals surface area contributed by atoms with Crippen LogP contribution in [0.15, 0.2) is 47.4 Å². The molecule has 1 aliphatic rings. The Morgan fingerprint density at radius 3 is 2.20 bits per heavy atom. The van der Waals surface area contributed by atoms with E-state index in [9.17, 15) is 19.7 Å². The van der Waals surface area contributed by atoms with Gasteiger partial charge in [-0.2, -0.15) is 0 Å². The van der Waals surface area contributed by atoms with E-state index in [1.807, 2.05) is 13.8 Å². The highest BCUT2D eigenvalue weighted by Crippen LogP contribution is 2.43. The number of methoxy groups -OCH3 is 2. The number of carbonyl (C=O) groups excluding carboxylic acids is 2. The molecule has 3 rings (SSSR count). The van der Waals surface area contributed by atoms with Crippen LogP contribution in [0.3, 0.4) is 0 Å². The van der Waals surface area contributed by atoms with Crippen LogP contribution in [-0.2, 0) is 9.59 Å². The molecule has 0 aromatic heterocycles. The molecular formula is C21H20N2O6S. The highest BCUT2D eigenvalue weighted by atomic mass is 32.2. The second-order valence-corrected chi connectivity index (χ2v) is 8.24. The van der Waals surface area contributed by atoms with Gasteiger partial charge in [0.2, 0.25) is 0 Å². The third-order valence-electron chi connectivity index (χ3n) is 4.39. The minimum Gasteiger partial charge on any atom is -0.497 e. The lowest BCUT2D eigenvalue weighted by atomic mass is 10.1. The molecule has 0 saturated heterocycles. The minimum atomic E-state index is -0.516. The average Bonchev–Trinajstić information content (AvgIpc) is 2.96. The molecule has 0 N–H and O–H groups in total. The first-order valence-corrected chi connectivity index (χ1v) is 9.93. The van der Waals surface area contributed by atoms with Crippen molar-refractivity contribution in [3.05, 3.63) is 63.0 Å². The molecule has 9 heteroatoms. The molecule has 0 unspecified atom stereocenters. The van der Waals surface area contributed by atoms with Gasteiger partial charge < -0.3 is 9.47 Å². The Labute approximate surface area is 177 Å². The van der Waals surface area contributed by atoms with Crippen molar-refractivity contribution in [2.45, 2.75) is 19.1 Å². The Morgan fingerprint density at radius 2 is 1.67 bits per heavy atom. The number of nitro benzene ring substituents is 1. The van der Waals surface area contributed by atoms with Gasteiger partial charge in [0.1, 0.15) is 11.5 Å². The quantitative estimate of drug-likeness (QED) is 0.373.